The number of hydrogen-bond donors (Lipinski definition) is 11. The Kier molecular flexibility index (Phi) is 24.5. The monoisotopic (exact) mass is 1610 g/mol. The van der Waals surface area contributed by atoms with E-state index in [4.69, 9.17) is 39.5 Å². The van der Waals surface area contributed by atoms with Crippen molar-refractivity contribution in [3.05, 3.63) is 174 Å². The molecule has 5 fully saturated rings. The molecular formula is C75H86Cl3F6N24O4+. The van der Waals surface area contributed by atoms with Crippen molar-refractivity contribution in [2.45, 2.75) is 123 Å². The molecular weight excluding hydrogens is 1520 g/mol. The van der Waals surface area contributed by atoms with Crippen LogP contribution >= 0.6 is 34.8 Å². The lowest BCUT2D eigenvalue weighted by Crippen LogP contribution is -2.58. The highest BCUT2D eigenvalue weighted by atomic mass is 35.5. The Hall–Kier alpha value is -10.2. The van der Waals surface area contributed by atoms with Gasteiger partial charge >= 0.3 is 6.18 Å². The summed E-state index contributed by atoms with van der Waals surface area (Å²) in [5.74, 6) is 1.96. The number of halogens is 9. The van der Waals surface area contributed by atoms with Crippen molar-refractivity contribution in [1.82, 2.24) is 85.4 Å². The van der Waals surface area contributed by atoms with Crippen LogP contribution < -0.4 is 37.2 Å². The third-order valence-electron chi connectivity index (χ3n) is 21.0. The van der Waals surface area contributed by atoms with E-state index in [-0.39, 0.29) is 93.5 Å². The maximum atomic E-state index is 15.2. The predicted octanol–water partition coefficient (Wildman–Crippen LogP) is 15.2. The minimum atomic E-state index is -4.70. The van der Waals surface area contributed by atoms with Crippen molar-refractivity contribution in [2.75, 3.05) is 97.5 Å². The van der Waals surface area contributed by atoms with Gasteiger partial charge in [0.15, 0.2) is 40.6 Å². The molecule has 10 aromatic rings. The Morgan fingerprint density at radius 2 is 0.902 bits per heavy atom. The average molecular weight is 1610 g/mol. The molecule has 3 aromatic carbocycles. The van der Waals surface area contributed by atoms with E-state index >= 15 is 13.2 Å². The number of hydrogen-bond acceptors (Lipinski definition) is 21. The van der Waals surface area contributed by atoms with Crippen molar-refractivity contribution in [3.63, 3.8) is 0 Å². The van der Waals surface area contributed by atoms with E-state index < -0.39 is 29.2 Å². The number of hydroxylamine groups is 3. The molecule has 15 rings (SSSR count). The first-order valence-corrected chi connectivity index (χ1v) is 37.9. The molecule has 11 N–H and O–H groups in total. The van der Waals surface area contributed by atoms with Crippen LogP contribution in [0.3, 0.4) is 0 Å². The number of benzene rings is 3. The van der Waals surface area contributed by atoms with Crippen LogP contribution in [0, 0.1) is 64.9 Å². The van der Waals surface area contributed by atoms with Gasteiger partial charge in [0.05, 0.1) is 66.5 Å². The molecule has 0 atom stereocenters. The minimum Gasteiger partial charge on any atom is -0.381 e. The molecule has 37 heteroatoms. The molecule has 5 aliphatic rings. The molecule has 0 bridgehead atoms. The molecule has 28 nitrogen and oxygen atoms in total. The van der Waals surface area contributed by atoms with Gasteiger partial charge in [0, 0.05) is 107 Å². The number of carbonyl (C=O) groups excluding carboxylic acids is 2. The number of nitrogens with zero attached hydrogens (tertiary/aromatic N) is 14. The summed E-state index contributed by atoms with van der Waals surface area (Å²) in [4.78, 5) is 54.3. The average Bonchev–Trinajstić information content (AvgIpc) is 1.34. The van der Waals surface area contributed by atoms with Crippen LogP contribution in [0.4, 0.5) is 96.2 Å². The third kappa shape index (κ3) is 18.9. The second-order valence-corrected chi connectivity index (χ2v) is 30.1. The van der Waals surface area contributed by atoms with E-state index in [0.717, 1.165) is 115 Å². The predicted molar refractivity (Wildman–Crippen MR) is 413 cm³/mol. The molecule has 5 aliphatic heterocycles. The van der Waals surface area contributed by atoms with Crippen molar-refractivity contribution < 1.29 is 50.5 Å². The van der Waals surface area contributed by atoms with E-state index in [0.29, 0.717) is 113 Å². The molecule has 5 saturated heterocycles. The van der Waals surface area contributed by atoms with Gasteiger partial charge in [-0.05, 0) is 155 Å². The molecule has 0 aliphatic carbocycles. The van der Waals surface area contributed by atoms with Crippen molar-refractivity contribution in [2.24, 2.45) is 13.0 Å². The smallest absolute Gasteiger partial charge is 0.381 e. The van der Waals surface area contributed by atoms with Crippen LogP contribution in [0.5, 0.6) is 0 Å². The lowest BCUT2D eigenvalue weighted by molar-refractivity contribution is -1.12. The number of likely N-dealkylation sites (tertiary alicyclic amines) is 3. The maximum absolute atomic E-state index is 15.2. The minimum absolute atomic E-state index is 0.0709. The van der Waals surface area contributed by atoms with Crippen LogP contribution in [0.2, 0.25) is 15.1 Å². The van der Waals surface area contributed by atoms with Gasteiger partial charge in [-0.25, -0.2) is 33.3 Å². The highest BCUT2D eigenvalue weighted by Gasteiger charge is 2.43. The summed E-state index contributed by atoms with van der Waals surface area (Å²) in [6, 6.07) is 15.5. The number of ether oxygens (including phenoxy) is 1. The molecule has 112 heavy (non-hydrogen) atoms. The van der Waals surface area contributed by atoms with Gasteiger partial charge in [0.25, 0.3) is 5.91 Å². The summed E-state index contributed by atoms with van der Waals surface area (Å²) in [5.41, 5.74) is 7.37. The lowest BCUT2D eigenvalue weighted by atomic mass is 9.85. The number of amides is 2. The number of aryl methyl sites for hydroxylation is 7. The number of anilines is 12. The molecule has 0 radical (unpaired) electrons. The summed E-state index contributed by atoms with van der Waals surface area (Å²) in [6.07, 6.45) is 6.58. The van der Waals surface area contributed by atoms with Crippen molar-refractivity contribution in [3.8, 4) is 0 Å². The number of nitrogens with one attached hydrogen (secondary N) is 10. The third-order valence-corrected chi connectivity index (χ3v) is 21.8. The van der Waals surface area contributed by atoms with Crippen LogP contribution in [0.15, 0.2) is 79.4 Å². The summed E-state index contributed by atoms with van der Waals surface area (Å²) >= 11 is 18.7. The molecule has 2 amide bonds. The molecule has 0 saturated carbocycles. The molecule has 0 spiro atoms. The molecule has 0 unspecified atom stereocenters. The van der Waals surface area contributed by atoms with Crippen LogP contribution in [0.25, 0.3) is 0 Å². The number of piperidine rings is 3. The Morgan fingerprint density at radius 3 is 1.25 bits per heavy atom. The first kappa shape index (κ1) is 79.8. The van der Waals surface area contributed by atoms with Gasteiger partial charge in [-0.1, -0.05) is 34.8 Å². The fourth-order valence-corrected chi connectivity index (χ4v) is 15.3. The van der Waals surface area contributed by atoms with E-state index in [9.17, 15) is 28.0 Å². The fourth-order valence-electron chi connectivity index (χ4n) is 14.9. The zero-order chi connectivity index (χ0) is 79.3. The Balaban J connectivity index is 0.000000148. The highest BCUT2D eigenvalue weighted by Crippen LogP contribution is 2.41. The number of rotatable bonds is 18. The van der Waals surface area contributed by atoms with Gasteiger partial charge in [-0.2, -0.15) is 53.2 Å². The topological polar surface area (TPSA) is 335 Å². The number of alkyl halides is 3. The number of aromatic nitrogens is 14. The highest BCUT2D eigenvalue weighted by molar-refractivity contribution is 6.33. The van der Waals surface area contributed by atoms with Gasteiger partial charge in [0.2, 0.25) is 23.8 Å². The lowest BCUT2D eigenvalue weighted by Gasteiger charge is -2.43. The number of H-pyrrole nitrogens is 3. The largest absolute Gasteiger partial charge is 0.433 e. The number of carbonyl (C=O) groups is 2. The standard InChI is InChI=1S/C26H26ClF4N9O.C25H32ClFN7O2.C24H28ClFN8O/c1-13-8-20(34-25-32-12-18(27)23(36-25)35-21-9-14(2)37-38-21)19(28)10-16(13)15-4-6-40(7-5-15)24(41)17-11-33-39(3)22(17)26(29,30)31;1-15-11-22(29-25-28-14-20(26)24(31-25)30-23-12-16(2)32-33-23)21(27)13-19(15)17-3-7-34(35,8-4-17)18-5-9-36-10-6-18;1-13-7-20(29-24-28-12-18(25)22(31-24)30-21-8-14(2)32-33-21)19(26)9-17(13)15-3-5-34(6-4-15)23(35)16-10-27-11-16/h8-12,15H,4-7H2,1-3H3,(H3,32,34,35,36,37,38);11-14,17-18,35H,3-10H2,1-2H3,(H3,28,29,30,31,32,33);7-9,12,15-16,27H,3-6,10-11H2,1-2H3,(H3,28,29,30,31,32,33)/q;+1;. The second kappa shape index (κ2) is 34.4. The summed E-state index contributed by atoms with van der Waals surface area (Å²) in [6.45, 7) is 17.7. The summed E-state index contributed by atoms with van der Waals surface area (Å²) < 4.78 is 92.1. The number of aromatic amines is 3. The Labute approximate surface area is 656 Å². The van der Waals surface area contributed by atoms with E-state index in [1.54, 1.807) is 36.4 Å². The van der Waals surface area contributed by atoms with Crippen LogP contribution in [0.1, 0.15) is 136 Å². The normalized spacial score (nSPS) is 17.9. The van der Waals surface area contributed by atoms with Crippen molar-refractivity contribution in [1.29, 1.82) is 0 Å². The Morgan fingerprint density at radius 1 is 0.527 bits per heavy atom. The van der Waals surface area contributed by atoms with E-state index in [1.165, 1.54) is 29.6 Å². The maximum Gasteiger partial charge on any atom is 0.433 e. The Bertz CT molecular complexity index is 5030. The molecule has 592 valence electrons. The van der Waals surface area contributed by atoms with E-state index in [1.807, 2.05) is 58.6 Å². The molecule has 7 aromatic heterocycles. The van der Waals surface area contributed by atoms with Gasteiger partial charge in [-0.3, -0.25) is 29.6 Å². The summed E-state index contributed by atoms with van der Waals surface area (Å²) in [5, 5.41) is 57.6. The fraction of sp³-hybridized carbons (Fsp3) is 0.413. The first-order valence-electron chi connectivity index (χ1n) is 36.8. The van der Waals surface area contributed by atoms with Gasteiger partial charge < -0.3 is 51.8 Å². The second-order valence-electron chi connectivity index (χ2n) is 28.9. The van der Waals surface area contributed by atoms with Crippen LogP contribution in [-0.2, 0) is 22.8 Å². The molecule has 12 heterocycles. The SMILES string of the molecule is Cc1cc(Nc2nc(Nc3cc(C)c(C4CCN(C(=O)C5CNC5)CC4)cc3F)ncc2Cl)n[nH]1.Cc1cc(Nc2nc(Nc3cc(C)c(C4CCN(C(=O)c5cnn(C)c5C(F)(F)F)CC4)cc3F)ncc2Cl)n[nH]1.Cc1cc(Nc2nc(Nc3cc(C)c(C4CC[N+](O)(C5CCOCC5)CC4)cc3F)ncc2Cl)n[nH]1. The van der Waals surface area contributed by atoms with Crippen molar-refractivity contribution >= 4 is 116 Å². The summed E-state index contributed by atoms with van der Waals surface area (Å²) in [7, 11) is 1.15. The first-order chi connectivity index (χ1) is 53.6. The quantitative estimate of drug-likeness (QED) is 0.0281. The zero-order valence-electron chi connectivity index (χ0n) is 62.5. The van der Waals surface area contributed by atoms with E-state index in [2.05, 4.69) is 103 Å². The van der Waals surface area contributed by atoms with Crippen LogP contribution in [-0.4, -0.2) is 173 Å². The number of quaternary nitrogens is 1. The van der Waals surface area contributed by atoms with Gasteiger partial charge in [0.1, 0.15) is 51.7 Å². The zero-order valence-corrected chi connectivity index (χ0v) is 64.7. The van der Waals surface area contributed by atoms with Gasteiger partial charge in [-0.15, -0.1) is 0 Å².